The van der Waals surface area contributed by atoms with Gasteiger partial charge in [-0.25, -0.2) is 5.06 Å². The van der Waals surface area contributed by atoms with E-state index in [1.54, 1.807) is 0 Å². The van der Waals surface area contributed by atoms with Crippen molar-refractivity contribution in [1.29, 1.82) is 0 Å². The summed E-state index contributed by atoms with van der Waals surface area (Å²) in [5, 5.41) is 1.39. The minimum atomic E-state index is 0. The standard InChI is InChI=1S/C32H55N3O3.ClH/c1-3-4-5-6-7-8-9-10-11-12-13-14-15-16-17-20-23-35(29-36)38-28-30-21-18-19-22-31(30)32(37)34-26-24-33(2)25-27-34;/h18-19,21-22,29H,3-17,20,23-28H2,1-2H3;1H. The number of amides is 2. The van der Waals surface area contributed by atoms with Crippen LogP contribution in [-0.4, -0.2) is 67.0 Å². The Morgan fingerprint density at radius 2 is 1.28 bits per heavy atom. The Morgan fingerprint density at radius 1 is 0.795 bits per heavy atom. The van der Waals surface area contributed by atoms with Crippen LogP contribution in [0.3, 0.4) is 0 Å². The van der Waals surface area contributed by atoms with Crippen LogP contribution < -0.4 is 0 Å². The number of hydroxylamine groups is 2. The SMILES string of the molecule is CCCCCCCCCCCCCCCCCCN(C=O)OCc1ccccc1C(=O)N1CCN(C)CC1.Cl. The zero-order chi connectivity index (χ0) is 27.3. The van der Waals surface area contributed by atoms with Crippen molar-refractivity contribution in [2.24, 2.45) is 0 Å². The van der Waals surface area contributed by atoms with Gasteiger partial charge in [0.15, 0.2) is 0 Å². The molecule has 0 bridgehead atoms. The quantitative estimate of drug-likeness (QED) is 0.0823. The molecule has 2 rings (SSSR count). The first-order valence-electron chi connectivity index (χ1n) is 15.6. The number of hydrogen-bond acceptors (Lipinski definition) is 4. The second kappa shape index (κ2) is 23.1. The Kier molecular flexibility index (Phi) is 21.0. The van der Waals surface area contributed by atoms with Crippen LogP contribution in [0.25, 0.3) is 0 Å². The molecule has 1 fully saturated rings. The number of halogens is 1. The highest BCUT2D eigenvalue weighted by Crippen LogP contribution is 2.16. The molecule has 0 spiro atoms. The molecule has 39 heavy (non-hydrogen) atoms. The third-order valence-corrected chi connectivity index (χ3v) is 7.77. The second-order valence-corrected chi connectivity index (χ2v) is 11.1. The first-order valence-corrected chi connectivity index (χ1v) is 15.6. The first-order chi connectivity index (χ1) is 18.7. The van der Waals surface area contributed by atoms with Crippen LogP contribution in [0.5, 0.6) is 0 Å². The van der Waals surface area contributed by atoms with Crippen LogP contribution >= 0.6 is 12.4 Å². The molecule has 1 heterocycles. The second-order valence-electron chi connectivity index (χ2n) is 11.1. The van der Waals surface area contributed by atoms with Gasteiger partial charge in [-0.3, -0.25) is 14.4 Å². The Morgan fingerprint density at radius 3 is 1.79 bits per heavy atom. The summed E-state index contributed by atoms with van der Waals surface area (Å²) in [7, 11) is 2.08. The number of piperazine rings is 1. The summed E-state index contributed by atoms with van der Waals surface area (Å²) in [6, 6.07) is 7.59. The normalized spacial score (nSPS) is 13.7. The zero-order valence-electron chi connectivity index (χ0n) is 24.9. The lowest BCUT2D eigenvalue weighted by Gasteiger charge is -2.32. The predicted molar refractivity (Wildman–Crippen MR) is 164 cm³/mol. The fourth-order valence-corrected chi connectivity index (χ4v) is 5.15. The van der Waals surface area contributed by atoms with Crippen LogP contribution in [-0.2, 0) is 16.2 Å². The van der Waals surface area contributed by atoms with Gasteiger partial charge in [-0.2, -0.15) is 0 Å². The van der Waals surface area contributed by atoms with Crippen molar-refractivity contribution in [3.63, 3.8) is 0 Å². The van der Waals surface area contributed by atoms with E-state index in [0.717, 1.165) is 51.0 Å². The Balaban J connectivity index is 0.00000760. The third kappa shape index (κ3) is 15.7. The molecule has 1 aromatic carbocycles. The van der Waals surface area contributed by atoms with Gasteiger partial charge in [0.1, 0.15) is 6.61 Å². The van der Waals surface area contributed by atoms with E-state index < -0.39 is 0 Å². The lowest BCUT2D eigenvalue weighted by molar-refractivity contribution is -0.177. The molecule has 7 heteroatoms. The number of hydrogen-bond donors (Lipinski definition) is 0. The van der Waals surface area contributed by atoms with Crippen molar-refractivity contribution in [3.8, 4) is 0 Å². The maximum Gasteiger partial charge on any atom is 0.254 e. The number of unbranched alkanes of at least 4 members (excludes halogenated alkanes) is 15. The molecule has 1 saturated heterocycles. The topological polar surface area (TPSA) is 53.1 Å². The Hall–Kier alpha value is -1.63. The lowest BCUT2D eigenvalue weighted by atomic mass is 10.0. The molecule has 0 unspecified atom stereocenters. The van der Waals surface area contributed by atoms with Crippen LogP contribution in [0.4, 0.5) is 0 Å². The first kappa shape index (κ1) is 35.4. The van der Waals surface area contributed by atoms with E-state index in [0.29, 0.717) is 12.1 Å². The molecule has 1 aliphatic rings. The van der Waals surface area contributed by atoms with Crippen molar-refractivity contribution >= 4 is 24.7 Å². The molecule has 1 aliphatic heterocycles. The fourth-order valence-electron chi connectivity index (χ4n) is 5.15. The molecule has 0 aromatic heterocycles. The summed E-state index contributed by atoms with van der Waals surface area (Å²) in [4.78, 5) is 34.5. The van der Waals surface area contributed by atoms with E-state index in [4.69, 9.17) is 4.84 Å². The van der Waals surface area contributed by atoms with Crippen LogP contribution in [0.2, 0.25) is 0 Å². The smallest absolute Gasteiger partial charge is 0.254 e. The average molecular weight is 566 g/mol. The Labute approximate surface area is 245 Å². The zero-order valence-corrected chi connectivity index (χ0v) is 25.7. The van der Waals surface area contributed by atoms with Crippen LogP contribution in [0.15, 0.2) is 24.3 Å². The van der Waals surface area contributed by atoms with Gasteiger partial charge in [0.05, 0.1) is 0 Å². The minimum absolute atomic E-state index is 0. The number of benzene rings is 1. The molecular formula is C32H56ClN3O3. The van der Waals surface area contributed by atoms with Gasteiger partial charge < -0.3 is 9.80 Å². The van der Waals surface area contributed by atoms with E-state index in [-0.39, 0.29) is 24.9 Å². The number of carbonyl (C=O) groups excluding carboxylic acids is 2. The van der Waals surface area contributed by atoms with Crippen molar-refractivity contribution < 1.29 is 14.4 Å². The highest BCUT2D eigenvalue weighted by atomic mass is 35.5. The maximum atomic E-state index is 13.0. The van der Waals surface area contributed by atoms with Gasteiger partial charge >= 0.3 is 0 Å². The Bertz CT molecular complexity index is 756. The van der Waals surface area contributed by atoms with E-state index in [1.807, 2.05) is 29.2 Å². The summed E-state index contributed by atoms with van der Waals surface area (Å²) in [6.07, 6.45) is 22.0. The molecule has 0 saturated carbocycles. The van der Waals surface area contributed by atoms with Gasteiger partial charge in [0.25, 0.3) is 5.91 Å². The van der Waals surface area contributed by atoms with Crippen LogP contribution in [0.1, 0.15) is 126 Å². The largest absolute Gasteiger partial charge is 0.336 e. The molecule has 6 nitrogen and oxygen atoms in total. The monoisotopic (exact) mass is 565 g/mol. The van der Waals surface area contributed by atoms with Gasteiger partial charge in [-0.15, -0.1) is 12.4 Å². The third-order valence-electron chi connectivity index (χ3n) is 7.77. The van der Waals surface area contributed by atoms with Crippen molar-refractivity contribution in [3.05, 3.63) is 35.4 Å². The predicted octanol–water partition coefficient (Wildman–Crippen LogP) is 7.65. The summed E-state index contributed by atoms with van der Waals surface area (Å²) in [5.41, 5.74) is 1.50. The van der Waals surface area contributed by atoms with Gasteiger partial charge in [-0.05, 0) is 25.1 Å². The van der Waals surface area contributed by atoms with E-state index >= 15 is 0 Å². The molecule has 0 aliphatic carbocycles. The summed E-state index contributed by atoms with van der Waals surface area (Å²) >= 11 is 0. The van der Waals surface area contributed by atoms with Crippen molar-refractivity contribution in [2.45, 2.75) is 116 Å². The summed E-state index contributed by atoms with van der Waals surface area (Å²) in [5.74, 6) is 0.0488. The summed E-state index contributed by atoms with van der Waals surface area (Å²) in [6.45, 7) is 6.37. The fraction of sp³-hybridized carbons (Fsp3) is 0.750. The van der Waals surface area contributed by atoms with E-state index in [1.165, 1.54) is 95.0 Å². The number of likely N-dealkylation sites (N-methyl/N-ethyl adjacent to an activating group) is 1. The molecule has 1 aromatic rings. The number of rotatable bonds is 22. The maximum absolute atomic E-state index is 13.0. The van der Waals surface area contributed by atoms with Gasteiger partial charge in [0, 0.05) is 38.3 Å². The number of nitrogens with zero attached hydrogens (tertiary/aromatic N) is 3. The molecule has 0 N–H and O–H groups in total. The summed E-state index contributed by atoms with van der Waals surface area (Å²) < 4.78 is 0. The highest BCUT2D eigenvalue weighted by Gasteiger charge is 2.22. The molecule has 224 valence electrons. The van der Waals surface area contributed by atoms with Gasteiger partial charge in [-0.1, -0.05) is 121 Å². The number of carbonyl (C=O) groups is 2. The molecule has 2 amide bonds. The lowest BCUT2D eigenvalue weighted by Crippen LogP contribution is -2.47. The van der Waals surface area contributed by atoms with Gasteiger partial charge in [0.2, 0.25) is 6.41 Å². The molecular weight excluding hydrogens is 510 g/mol. The van der Waals surface area contributed by atoms with E-state index in [2.05, 4.69) is 18.9 Å². The minimum Gasteiger partial charge on any atom is -0.336 e. The highest BCUT2D eigenvalue weighted by molar-refractivity contribution is 5.95. The van der Waals surface area contributed by atoms with Crippen LogP contribution in [0, 0.1) is 0 Å². The molecule has 0 radical (unpaired) electrons. The molecule has 0 atom stereocenters. The van der Waals surface area contributed by atoms with Crippen molar-refractivity contribution in [2.75, 3.05) is 39.8 Å². The van der Waals surface area contributed by atoms with Crippen molar-refractivity contribution in [1.82, 2.24) is 14.9 Å². The average Bonchev–Trinajstić information content (AvgIpc) is 2.94. The van der Waals surface area contributed by atoms with E-state index in [9.17, 15) is 9.59 Å².